The second kappa shape index (κ2) is 5.58. The van der Waals surface area contributed by atoms with Crippen LogP contribution in [0.2, 0.25) is 0 Å². The summed E-state index contributed by atoms with van der Waals surface area (Å²) >= 11 is 0. The highest BCUT2D eigenvalue weighted by molar-refractivity contribution is 5.76. The molecular weight excluding hydrogens is 262 g/mol. The van der Waals surface area contributed by atoms with E-state index < -0.39 is 4.92 Å². The van der Waals surface area contributed by atoms with Gasteiger partial charge in [0.1, 0.15) is 18.9 Å². The zero-order valence-electron chi connectivity index (χ0n) is 11.9. The van der Waals surface area contributed by atoms with Crippen LogP contribution in [0.25, 0.3) is 0 Å². The molecule has 2 rings (SSSR count). The van der Waals surface area contributed by atoms with Gasteiger partial charge in [-0.05, 0) is 27.4 Å². The van der Waals surface area contributed by atoms with Crippen LogP contribution in [-0.4, -0.2) is 63.1 Å². The van der Waals surface area contributed by atoms with Crippen LogP contribution >= 0.6 is 0 Å². The smallest absolute Gasteiger partial charge is 0.307 e. The molecule has 110 valence electrons. The molecule has 2 atom stereocenters. The number of carbonyl (C=O) groups is 1. The molecule has 1 aromatic heterocycles. The summed E-state index contributed by atoms with van der Waals surface area (Å²) in [6, 6.07) is 0.494. The maximum Gasteiger partial charge on any atom is 0.307 e. The fourth-order valence-corrected chi connectivity index (χ4v) is 2.73. The Labute approximate surface area is 117 Å². The summed E-state index contributed by atoms with van der Waals surface area (Å²) in [7, 11) is 4.01. The van der Waals surface area contributed by atoms with Crippen molar-refractivity contribution in [2.75, 3.05) is 20.6 Å². The summed E-state index contributed by atoms with van der Waals surface area (Å²) in [4.78, 5) is 26.2. The number of amides is 1. The predicted octanol–water partition coefficient (Wildman–Crippen LogP) is 0.342. The van der Waals surface area contributed by atoms with Gasteiger partial charge in [0.15, 0.2) is 0 Å². The van der Waals surface area contributed by atoms with Gasteiger partial charge in [0.25, 0.3) is 0 Å². The van der Waals surface area contributed by atoms with Gasteiger partial charge >= 0.3 is 5.69 Å². The van der Waals surface area contributed by atoms with E-state index in [9.17, 15) is 14.9 Å². The van der Waals surface area contributed by atoms with Gasteiger partial charge in [0.2, 0.25) is 5.91 Å². The summed E-state index contributed by atoms with van der Waals surface area (Å²) in [5, 5.41) is 14.4. The molecule has 0 N–H and O–H groups in total. The van der Waals surface area contributed by atoms with Crippen LogP contribution in [0.3, 0.4) is 0 Å². The number of rotatable bonds is 4. The van der Waals surface area contributed by atoms with Crippen molar-refractivity contribution in [3.63, 3.8) is 0 Å². The molecule has 0 aliphatic carbocycles. The van der Waals surface area contributed by atoms with Crippen molar-refractivity contribution < 1.29 is 9.72 Å². The SMILES string of the molecule is C[C@H]1[C@@H](N(C)C)CCN1C(=O)Cn1cc([N+](=O)[O-])cn1. The zero-order valence-corrected chi connectivity index (χ0v) is 11.9. The molecule has 0 aromatic carbocycles. The number of hydrogen-bond acceptors (Lipinski definition) is 5. The molecule has 0 bridgehead atoms. The first-order valence-corrected chi connectivity index (χ1v) is 6.53. The summed E-state index contributed by atoms with van der Waals surface area (Å²) in [6.07, 6.45) is 3.38. The first-order chi connectivity index (χ1) is 9.40. The van der Waals surface area contributed by atoms with Crippen LogP contribution in [0, 0.1) is 10.1 Å². The van der Waals surface area contributed by atoms with Gasteiger partial charge < -0.3 is 9.80 Å². The lowest BCUT2D eigenvalue weighted by molar-refractivity contribution is -0.385. The summed E-state index contributed by atoms with van der Waals surface area (Å²) in [5.74, 6) is -0.0557. The highest BCUT2D eigenvalue weighted by Crippen LogP contribution is 2.21. The molecule has 1 fully saturated rings. The summed E-state index contributed by atoms with van der Waals surface area (Å²) in [5.41, 5.74) is -0.0987. The maximum atomic E-state index is 12.2. The van der Waals surface area contributed by atoms with Crippen molar-refractivity contribution >= 4 is 11.6 Å². The van der Waals surface area contributed by atoms with E-state index in [0.29, 0.717) is 12.6 Å². The minimum atomic E-state index is -0.519. The molecule has 1 aromatic rings. The average molecular weight is 281 g/mol. The summed E-state index contributed by atoms with van der Waals surface area (Å²) in [6.45, 7) is 2.78. The van der Waals surface area contributed by atoms with Crippen molar-refractivity contribution in [2.24, 2.45) is 0 Å². The van der Waals surface area contributed by atoms with Crippen molar-refractivity contribution in [1.29, 1.82) is 0 Å². The van der Waals surface area contributed by atoms with Gasteiger partial charge in [-0.3, -0.25) is 19.6 Å². The maximum absolute atomic E-state index is 12.2. The molecule has 1 saturated heterocycles. The van der Waals surface area contributed by atoms with Crippen LogP contribution in [0.15, 0.2) is 12.4 Å². The quantitative estimate of drug-likeness (QED) is 0.587. The molecule has 8 heteroatoms. The molecule has 0 radical (unpaired) electrons. The number of likely N-dealkylation sites (tertiary alicyclic amines) is 1. The van der Waals surface area contributed by atoms with Gasteiger partial charge in [-0.15, -0.1) is 0 Å². The lowest BCUT2D eigenvalue weighted by Gasteiger charge is -2.28. The van der Waals surface area contributed by atoms with E-state index in [2.05, 4.69) is 10.00 Å². The van der Waals surface area contributed by atoms with Gasteiger partial charge in [-0.2, -0.15) is 5.10 Å². The van der Waals surface area contributed by atoms with Crippen molar-refractivity contribution in [3.05, 3.63) is 22.5 Å². The predicted molar refractivity (Wildman–Crippen MR) is 72.1 cm³/mol. The molecule has 0 spiro atoms. The molecule has 1 aliphatic heterocycles. The largest absolute Gasteiger partial charge is 0.337 e. The van der Waals surface area contributed by atoms with Gasteiger partial charge in [0, 0.05) is 18.6 Å². The number of carbonyl (C=O) groups excluding carboxylic acids is 1. The molecule has 0 saturated carbocycles. The molecule has 0 unspecified atom stereocenters. The molecule has 1 amide bonds. The van der Waals surface area contributed by atoms with Crippen molar-refractivity contribution in [3.8, 4) is 0 Å². The molecule has 20 heavy (non-hydrogen) atoms. The van der Waals surface area contributed by atoms with E-state index in [0.717, 1.165) is 12.6 Å². The number of likely N-dealkylation sites (N-methyl/N-ethyl adjacent to an activating group) is 1. The molecule has 8 nitrogen and oxygen atoms in total. The Kier molecular flexibility index (Phi) is 4.03. The van der Waals surface area contributed by atoms with Crippen LogP contribution in [0.5, 0.6) is 0 Å². The van der Waals surface area contributed by atoms with Gasteiger partial charge in [-0.25, -0.2) is 0 Å². The van der Waals surface area contributed by atoms with Crippen molar-refractivity contribution in [2.45, 2.75) is 32.0 Å². The Morgan fingerprint density at radius 2 is 2.30 bits per heavy atom. The molecule has 1 aliphatic rings. The van der Waals surface area contributed by atoms with E-state index in [-0.39, 0.29) is 24.2 Å². The van der Waals surface area contributed by atoms with Crippen LogP contribution in [-0.2, 0) is 11.3 Å². The van der Waals surface area contributed by atoms with E-state index in [1.54, 1.807) is 0 Å². The lowest BCUT2D eigenvalue weighted by atomic mass is 10.1. The number of aromatic nitrogens is 2. The topological polar surface area (TPSA) is 84.5 Å². The Hall–Kier alpha value is -1.96. The third-order valence-electron chi connectivity index (χ3n) is 3.83. The van der Waals surface area contributed by atoms with E-state index >= 15 is 0 Å². The number of nitro groups is 1. The fourth-order valence-electron chi connectivity index (χ4n) is 2.73. The second-order valence-corrected chi connectivity index (χ2v) is 5.30. The normalized spacial score (nSPS) is 22.5. The average Bonchev–Trinajstić information content (AvgIpc) is 2.95. The van der Waals surface area contributed by atoms with Crippen LogP contribution < -0.4 is 0 Å². The Balaban J connectivity index is 2.00. The number of hydrogen-bond donors (Lipinski definition) is 0. The third kappa shape index (κ3) is 2.79. The minimum absolute atomic E-state index is 0.0400. The Bertz CT molecular complexity index is 513. The third-order valence-corrected chi connectivity index (χ3v) is 3.83. The Morgan fingerprint density at radius 3 is 2.80 bits per heavy atom. The highest BCUT2D eigenvalue weighted by atomic mass is 16.6. The Morgan fingerprint density at radius 1 is 1.60 bits per heavy atom. The first kappa shape index (κ1) is 14.4. The van der Waals surface area contributed by atoms with Gasteiger partial charge in [0.05, 0.1) is 4.92 Å². The highest BCUT2D eigenvalue weighted by Gasteiger charge is 2.34. The van der Waals surface area contributed by atoms with E-state index in [4.69, 9.17) is 0 Å². The number of nitrogens with zero attached hydrogens (tertiary/aromatic N) is 5. The molecule has 2 heterocycles. The standard InChI is InChI=1S/C12H19N5O3/c1-9-11(14(2)3)4-5-16(9)12(18)8-15-7-10(6-13-15)17(19)20/h6-7,9,11H,4-5,8H2,1-3H3/t9-,11-/m0/s1. The van der Waals surface area contributed by atoms with Gasteiger partial charge in [-0.1, -0.05) is 0 Å². The molecular formula is C12H19N5O3. The summed E-state index contributed by atoms with van der Waals surface area (Å²) < 4.78 is 1.32. The van der Waals surface area contributed by atoms with Crippen LogP contribution in [0.1, 0.15) is 13.3 Å². The lowest BCUT2D eigenvalue weighted by Crippen LogP contribution is -2.43. The van der Waals surface area contributed by atoms with E-state index in [1.807, 2.05) is 25.9 Å². The zero-order chi connectivity index (χ0) is 14.9. The first-order valence-electron chi connectivity index (χ1n) is 6.53. The fraction of sp³-hybridized carbons (Fsp3) is 0.667. The monoisotopic (exact) mass is 281 g/mol. The minimum Gasteiger partial charge on any atom is -0.337 e. The van der Waals surface area contributed by atoms with E-state index in [1.165, 1.54) is 10.9 Å². The second-order valence-electron chi connectivity index (χ2n) is 5.30. The van der Waals surface area contributed by atoms with Crippen molar-refractivity contribution in [1.82, 2.24) is 19.6 Å². The van der Waals surface area contributed by atoms with Crippen LogP contribution in [0.4, 0.5) is 5.69 Å².